The van der Waals surface area contributed by atoms with E-state index in [1.165, 1.54) is 5.56 Å². The molecule has 108 valence electrons. The van der Waals surface area contributed by atoms with Crippen LogP contribution in [0.5, 0.6) is 0 Å². The summed E-state index contributed by atoms with van der Waals surface area (Å²) < 4.78 is 0. The van der Waals surface area contributed by atoms with Crippen LogP contribution in [0.2, 0.25) is 0 Å². The number of nitrogen functional groups attached to an aromatic ring is 1. The van der Waals surface area contributed by atoms with Crippen LogP contribution in [0.1, 0.15) is 24.5 Å². The summed E-state index contributed by atoms with van der Waals surface area (Å²) in [5.74, 6) is 0. The minimum Gasteiger partial charge on any atom is -0.398 e. The molecule has 0 saturated carbocycles. The fourth-order valence-electron chi connectivity index (χ4n) is 2.40. The molecule has 0 spiro atoms. The van der Waals surface area contributed by atoms with E-state index in [1.54, 1.807) is 0 Å². The number of anilines is 2. The lowest BCUT2D eigenvalue weighted by molar-refractivity contribution is 0.767. The highest BCUT2D eigenvalue weighted by molar-refractivity contribution is 5.59. The lowest BCUT2D eigenvalue weighted by atomic mass is 10.1. The molecule has 3 nitrogen and oxygen atoms in total. The van der Waals surface area contributed by atoms with Gasteiger partial charge in [0.05, 0.1) is 12.5 Å². The van der Waals surface area contributed by atoms with Crippen molar-refractivity contribution >= 4 is 11.4 Å². The van der Waals surface area contributed by atoms with Crippen molar-refractivity contribution in [2.45, 2.75) is 26.3 Å². The summed E-state index contributed by atoms with van der Waals surface area (Å²) in [4.78, 5) is 2.33. The first-order valence-corrected chi connectivity index (χ1v) is 7.28. The van der Waals surface area contributed by atoms with Gasteiger partial charge in [-0.15, -0.1) is 0 Å². The van der Waals surface area contributed by atoms with E-state index in [-0.39, 0.29) is 0 Å². The van der Waals surface area contributed by atoms with Crippen LogP contribution in [0.25, 0.3) is 0 Å². The van der Waals surface area contributed by atoms with E-state index in [2.05, 4.69) is 42.2 Å². The number of hydrogen-bond donors (Lipinski definition) is 1. The van der Waals surface area contributed by atoms with Crippen LogP contribution in [0.15, 0.2) is 48.5 Å². The Hall–Kier alpha value is -2.47. The van der Waals surface area contributed by atoms with Gasteiger partial charge in [0.1, 0.15) is 0 Å². The summed E-state index contributed by atoms with van der Waals surface area (Å²) in [7, 11) is 0. The lowest BCUT2D eigenvalue weighted by Crippen LogP contribution is -2.23. The van der Waals surface area contributed by atoms with E-state index in [0.29, 0.717) is 12.1 Å². The summed E-state index contributed by atoms with van der Waals surface area (Å²) in [5.41, 5.74) is 9.94. The molecule has 0 amide bonds. The van der Waals surface area contributed by atoms with Gasteiger partial charge < -0.3 is 10.6 Å². The molecule has 21 heavy (non-hydrogen) atoms. The summed E-state index contributed by atoms with van der Waals surface area (Å²) in [6.07, 6.45) is 1.43. The minimum absolute atomic E-state index is 0.352. The summed E-state index contributed by atoms with van der Waals surface area (Å²) >= 11 is 0. The zero-order valence-electron chi connectivity index (χ0n) is 12.4. The predicted octanol–water partition coefficient (Wildman–Crippen LogP) is 3.75. The lowest BCUT2D eigenvalue weighted by Gasteiger charge is -2.25. The largest absolute Gasteiger partial charge is 0.398 e. The molecule has 0 fully saturated rings. The fourth-order valence-corrected chi connectivity index (χ4v) is 2.40. The monoisotopic (exact) mass is 279 g/mol. The first-order valence-electron chi connectivity index (χ1n) is 7.28. The molecular weight excluding hydrogens is 258 g/mol. The third-order valence-electron chi connectivity index (χ3n) is 3.47. The van der Waals surface area contributed by atoms with E-state index in [0.717, 1.165) is 30.8 Å². The first kappa shape index (κ1) is 14.9. The molecule has 0 aromatic heterocycles. The minimum atomic E-state index is 0.352. The summed E-state index contributed by atoms with van der Waals surface area (Å²) in [6, 6.07) is 18.6. The highest BCUT2D eigenvalue weighted by atomic mass is 15.1. The van der Waals surface area contributed by atoms with Gasteiger partial charge in [-0.2, -0.15) is 5.26 Å². The molecule has 0 heterocycles. The Labute approximate surface area is 126 Å². The Morgan fingerprint density at radius 2 is 1.90 bits per heavy atom. The van der Waals surface area contributed by atoms with Crippen LogP contribution in [0.3, 0.4) is 0 Å². The molecule has 2 aromatic rings. The van der Waals surface area contributed by atoms with Crippen molar-refractivity contribution in [3.05, 3.63) is 59.7 Å². The van der Waals surface area contributed by atoms with Crippen LogP contribution < -0.4 is 10.6 Å². The molecule has 0 bridgehead atoms. The number of nitrogens with two attached hydrogens (primary N) is 1. The number of hydrogen-bond acceptors (Lipinski definition) is 3. The SMILES string of the molecule is CCCN(Cc1ccccc1)c1ccc(N)c(CC#N)c1. The average Bonchev–Trinajstić information content (AvgIpc) is 2.50. The van der Waals surface area contributed by atoms with E-state index >= 15 is 0 Å². The van der Waals surface area contributed by atoms with E-state index in [1.807, 2.05) is 24.3 Å². The molecule has 2 rings (SSSR count). The van der Waals surface area contributed by atoms with Crippen molar-refractivity contribution in [3.63, 3.8) is 0 Å². The number of rotatable bonds is 6. The van der Waals surface area contributed by atoms with Gasteiger partial charge in [0.15, 0.2) is 0 Å². The number of nitriles is 1. The molecular formula is C18H21N3. The number of benzene rings is 2. The summed E-state index contributed by atoms with van der Waals surface area (Å²) in [5, 5.41) is 8.89. The second-order valence-electron chi connectivity index (χ2n) is 5.13. The van der Waals surface area contributed by atoms with Gasteiger partial charge in [0.2, 0.25) is 0 Å². The molecule has 2 aromatic carbocycles. The van der Waals surface area contributed by atoms with Gasteiger partial charge >= 0.3 is 0 Å². The second-order valence-corrected chi connectivity index (χ2v) is 5.13. The molecule has 0 saturated heterocycles. The van der Waals surface area contributed by atoms with E-state index in [9.17, 15) is 0 Å². The van der Waals surface area contributed by atoms with Crippen molar-refractivity contribution in [2.75, 3.05) is 17.2 Å². The molecule has 0 atom stereocenters. The molecule has 0 unspecified atom stereocenters. The van der Waals surface area contributed by atoms with Crippen molar-refractivity contribution in [1.29, 1.82) is 5.26 Å². The zero-order chi connectivity index (χ0) is 15.1. The van der Waals surface area contributed by atoms with Crippen LogP contribution >= 0.6 is 0 Å². The Balaban J connectivity index is 2.25. The highest BCUT2D eigenvalue weighted by Crippen LogP contribution is 2.23. The topological polar surface area (TPSA) is 53.0 Å². The third-order valence-corrected chi connectivity index (χ3v) is 3.47. The van der Waals surface area contributed by atoms with E-state index < -0.39 is 0 Å². The molecule has 0 aliphatic rings. The van der Waals surface area contributed by atoms with Gasteiger partial charge in [-0.25, -0.2) is 0 Å². The molecule has 3 heteroatoms. The maximum Gasteiger partial charge on any atom is 0.0670 e. The van der Waals surface area contributed by atoms with Crippen molar-refractivity contribution in [2.24, 2.45) is 0 Å². The third kappa shape index (κ3) is 4.00. The average molecular weight is 279 g/mol. The van der Waals surface area contributed by atoms with Crippen molar-refractivity contribution < 1.29 is 0 Å². The smallest absolute Gasteiger partial charge is 0.0670 e. The normalized spacial score (nSPS) is 10.1. The molecule has 0 radical (unpaired) electrons. The van der Waals surface area contributed by atoms with Crippen molar-refractivity contribution in [3.8, 4) is 6.07 Å². The van der Waals surface area contributed by atoms with Crippen LogP contribution in [-0.4, -0.2) is 6.54 Å². The van der Waals surface area contributed by atoms with Crippen LogP contribution in [0, 0.1) is 11.3 Å². The fraction of sp³-hybridized carbons (Fsp3) is 0.278. The molecule has 0 aliphatic carbocycles. The standard InChI is InChI=1S/C18H21N3/c1-2-12-21(14-15-6-4-3-5-7-15)17-8-9-18(20)16(13-17)10-11-19/h3-9,13H,2,10,12,14,20H2,1H3. The predicted molar refractivity (Wildman–Crippen MR) is 88.0 cm³/mol. The Bertz CT molecular complexity index is 614. The van der Waals surface area contributed by atoms with E-state index in [4.69, 9.17) is 11.0 Å². The second kappa shape index (κ2) is 7.35. The first-order chi connectivity index (χ1) is 10.2. The summed E-state index contributed by atoms with van der Waals surface area (Å²) in [6.45, 7) is 4.01. The Kier molecular flexibility index (Phi) is 5.22. The highest BCUT2D eigenvalue weighted by Gasteiger charge is 2.09. The zero-order valence-corrected chi connectivity index (χ0v) is 12.4. The van der Waals surface area contributed by atoms with Crippen molar-refractivity contribution in [1.82, 2.24) is 0 Å². The Morgan fingerprint density at radius 1 is 1.14 bits per heavy atom. The van der Waals surface area contributed by atoms with Crippen LogP contribution in [0.4, 0.5) is 11.4 Å². The maximum absolute atomic E-state index is 8.89. The maximum atomic E-state index is 8.89. The molecule has 2 N–H and O–H groups in total. The van der Waals surface area contributed by atoms with Gasteiger partial charge in [0, 0.05) is 24.5 Å². The quantitative estimate of drug-likeness (QED) is 0.819. The molecule has 0 aliphatic heterocycles. The van der Waals surface area contributed by atoms with Crippen LogP contribution in [-0.2, 0) is 13.0 Å². The van der Waals surface area contributed by atoms with Gasteiger partial charge in [-0.05, 0) is 35.7 Å². The van der Waals surface area contributed by atoms with Gasteiger partial charge in [0.25, 0.3) is 0 Å². The Morgan fingerprint density at radius 3 is 2.57 bits per heavy atom. The van der Waals surface area contributed by atoms with Gasteiger partial charge in [-0.1, -0.05) is 37.3 Å². The van der Waals surface area contributed by atoms with Gasteiger partial charge in [-0.3, -0.25) is 0 Å². The number of nitrogens with zero attached hydrogens (tertiary/aromatic N) is 2.